The van der Waals surface area contributed by atoms with Gasteiger partial charge in [0.25, 0.3) is 5.91 Å². The number of ether oxygens (including phenoxy) is 1. The molecule has 0 aromatic heterocycles. The Hall–Kier alpha value is -2.55. The summed E-state index contributed by atoms with van der Waals surface area (Å²) in [6.45, 7) is 3.44. The van der Waals surface area contributed by atoms with Crippen LogP contribution >= 0.6 is 11.6 Å². The number of rotatable bonds is 0. The van der Waals surface area contributed by atoms with E-state index in [4.69, 9.17) is 16.3 Å². The van der Waals surface area contributed by atoms with Gasteiger partial charge < -0.3 is 14.7 Å². The second-order valence-corrected chi connectivity index (χ2v) is 13.6. The first kappa shape index (κ1) is 28.0. The van der Waals surface area contributed by atoms with E-state index in [2.05, 4.69) is 9.62 Å². The maximum atomic E-state index is 13.1. The molecule has 7 nitrogen and oxygen atoms in total. The van der Waals surface area contributed by atoms with Crippen LogP contribution in [0.25, 0.3) is 0 Å². The number of allylic oxidation sites excluding steroid dienone is 1. The molecule has 2 aromatic carbocycles. The summed E-state index contributed by atoms with van der Waals surface area (Å²) in [6, 6.07) is 11.0. The normalized spacial score (nSPS) is 28.4. The fourth-order valence-electron chi connectivity index (χ4n) is 5.79. The van der Waals surface area contributed by atoms with Gasteiger partial charge in [0.15, 0.2) is 0 Å². The molecule has 2 aromatic rings. The molecule has 2 heterocycles. The van der Waals surface area contributed by atoms with Crippen molar-refractivity contribution in [3.05, 3.63) is 70.3 Å². The Kier molecular flexibility index (Phi) is 8.55. The fraction of sp³-hybridized carbons (Fsp3) is 0.500. The van der Waals surface area contributed by atoms with Gasteiger partial charge in [0, 0.05) is 23.7 Å². The van der Waals surface area contributed by atoms with Crippen LogP contribution in [0.4, 0.5) is 5.69 Å². The zero-order valence-corrected chi connectivity index (χ0v) is 23.9. The van der Waals surface area contributed by atoms with Crippen LogP contribution in [0.1, 0.15) is 66.9 Å². The quantitative estimate of drug-likeness (QED) is 0.419. The highest BCUT2D eigenvalue weighted by Gasteiger charge is 2.37. The van der Waals surface area contributed by atoms with Gasteiger partial charge in [-0.3, -0.25) is 4.79 Å². The van der Waals surface area contributed by atoms with Gasteiger partial charge in [-0.05, 0) is 105 Å². The smallest absolute Gasteiger partial charge is 0.264 e. The minimum atomic E-state index is -3.86. The van der Waals surface area contributed by atoms with Crippen LogP contribution in [0.15, 0.2) is 48.6 Å². The number of nitrogens with zero attached hydrogens (tertiary/aromatic N) is 1. The lowest BCUT2D eigenvalue weighted by molar-refractivity contribution is 0.0461. The number of sulfonamides is 1. The number of amides is 1. The van der Waals surface area contributed by atoms with Gasteiger partial charge in [0.05, 0.1) is 17.0 Å². The van der Waals surface area contributed by atoms with Crippen molar-refractivity contribution >= 4 is 33.2 Å². The van der Waals surface area contributed by atoms with Crippen molar-refractivity contribution in [1.29, 1.82) is 0 Å². The number of carbonyl (C=O) groups excluding carboxylic acids is 1. The average Bonchev–Trinajstić information content (AvgIpc) is 2.91. The van der Waals surface area contributed by atoms with Gasteiger partial charge in [-0.2, -0.15) is 0 Å². The SMILES string of the molecule is C[C@H]1CC/C=C/[C@@H](O)[C@@H]2CC[C@H]2CN2CCCCc3cc(Cl)ccc3COc3ccc(cc32)C(=O)NS1(=O)=O. The monoisotopic (exact) mass is 572 g/mol. The molecule has 5 rings (SSSR count). The Morgan fingerprint density at radius 1 is 1.08 bits per heavy atom. The Balaban J connectivity index is 1.53. The summed E-state index contributed by atoms with van der Waals surface area (Å²) in [7, 11) is -3.86. The second kappa shape index (κ2) is 11.9. The minimum Gasteiger partial charge on any atom is -0.487 e. The number of aliphatic hydroxyl groups excluding tert-OH is 1. The summed E-state index contributed by atoms with van der Waals surface area (Å²) >= 11 is 6.28. The van der Waals surface area contributed by atoms with Crippen LogP contribution in [0.2, 0.25) is 5.02 Å². The van der Waals surface area contributed by atoms with Gasteiger partial charge >= 0.3 is 0 Å². The van der Waals surface area contributed by atoms with E-state index in [1.165, 1.54) is 5.56 Å². The highest BCUT2D eigenvalue weighted by Crippen LogP contribution is 2.41. The highest BCUT2D eigenvalue weighted by molar-refractivity contribution is 7.90. The van der Waals surface area contributed by atoms with E-state index in [1.807, 2.05) is 30.4 Å². The van der Waals surface area contributed by atoms with E-state index in [0.29, 0.717) is 36.1 Å². The Morgan fingerprint density at radius 3 is 2.72 bits per heavy atom. The third-order valence-electron chi connectivity index (χ3n) is 8.45. The van der Waals surface area contributed by atoms with Gasteiger partial charge in [0.1, 0.15) is 12.4 Å². The number of benzene rings is 2. The molecule has 4 atom stereocenters. The van der Waals surface area contributed by atoms with E-state index in [0.717, 1.165) is 56.4 Å². The van der Waals surface area contributed by atoms with Crippen molar-refractivity contribution in [3.8, 4) is 5.75 Å². The summed E-state index contributed by atoms with van der Waals surface area (Å²) < 4.78 is 34.4. The first-order chi connectivity index (χ1) is 18.7. The molecule has 1 fully saturated rings. The molecule has 1 amide bonds. The Bertz CT molecular complexity index is 1340. The van der Waals surface area contributed by atoms with Crippen molar-refractivity contribution < 1.29 is 23.1 Å². The molecule has 2 aliphatic heterocycles. The fourth-order valence-corrected chi connectivity index (χ4v) is 7.01. The van der Waals surface area contributed by atoms with Gasteiger partial charge in [-0.15, -0.1) is 0 Å². The van der Waals surface area contributed by atoms with Crippen LogP contribution < -0.4 is 14.4 Å². The number of aliphatic hydroxyl groups is 1. The van der Waals surface area contributed by atoms with Crippen molar-refractivity contribution in [3.63, 3.8) is 0 Å². The van der Waals surface area contributed by atoms with E-state index >= 15 is 0 Å². The lowest BCUT2D eigenvalue weighted by Crippen LogP contribution is -2.43. The molecule has 210 valence electrons. The molecule has 39 heavy (non-hydrogen) atoms. The van der Waals surface area contributed by atoms with Gasteiger partial charge in [0.2, 0.25) is 10.0 Å². The molecule has 0 radical (unpaired) electrons. The molecule has 2 N–H and O–H groups in total. The number of halogens is 1. The topological polar surface area (TPSA) is 95.9 Å². The largest absolute Gasteiger partial charge is 0.487 e. The molecule has 0 saturated heterocycles. The molecule has 1 saturated carbocycles. The predicted octanol–water partition coefficient (Wildman–Crippen LogP) is 5.25. The minimum absolute atomic E-state index is 0.149. The summed E-state index contributed by atoms with van der Waals surface area (Å²) in [5, 5.41) is 10.9. The first-order valence-corrected chi connectivity index (χ1v) is 15.8. The lowest BCUT2D eigenvalue weighted by atomic mass is 9.70. The summed E-state index contributed by atoms with van der Waals surface area (Å²) in [5.74, 6) is 0.459. The Morgan fingerprint density at radius 2 is 1.92 bits per heavy atom. The molecular weight excluding hydrogens is 536 g/mol. The Labute approximate surface area is 236 Å². The molecule has 2 bridgehead atoms. The van der Waals surface area contributed by atoms with Crippen LogP contribution in [-0.2, 0) is 23.1 Å². The number of hydrogen-bond donors (Lipinski definition) is 2. The van der Waals surface area contributed by atoms with Crippen LogP contribution in [0, 0.1) is 11.8 Å². The second-order valence-electron chi connectivity index (χ2n) is 11.1. The van der Waals surface area contributed by atoms with Crippen LogP contribution in [-0.4, -0.2) is 43.9 Å². The van der Waals surface area contributed by atoms with Gasteiger partial charge in [-0.1, -0.05) is 29.8 Å². The number of aryl methyl sites for hydroxylation is 1. The number of hydrogen-bond acceptors (Lipinski definition) is 6. The molecule has 0 unspecified atom stereocenters. The molecular formula is C30H37ClN2O5S. The maximum absolute atomic E-state index is 13.1. The standard InChI is InChI=1S/C30H37ClN2O5S/c1-20-6-2-3-8-28(34)26-13-10-23(26)18-33-15-5-4-7-21-16-25(31)12-9-24(21)19-38-29-14-11-22(17-27(29)33)30(35)32-39(20,36)37/h3,8-9,11-12,14,16-17,20,23,26,28,34H,2,4-7,10,13,15,18-19H2,1H3,(H,32,35)/b8-3+/t20-,23-,26+,28+/m0/s1. The maximum Gasteiger partial charge on any atom is 0.264 e. The summed E-state index contributed by atoms with van der Waals surface area (Å²) in [5.41, 5.74) is 3.29. The molecule has 1 aliphatic carbocycles. The van der Waals surface area contributed by atoms with E-state index in [9.17, 15) is 18.3 Å². The van der Waals surface area contributed by atoms with Crippen molar-refractivity contribution in [1.82, 2.24) is 4.72 Å². The zero-order chi connectivity index (χ0) is 27.6. The van der Waals surface area contributed by atoms with Gasteiger partial charge in [-0.25, -0.2) is 13.1 Å². The molecule has 0 spiro atoms. The highest BCUT2D eigenvalue weighted by atomic mass is 35.5. The van der Waals surface area contributed by atoms with Crippen LogP contribution in [0.3, 0.4) is 0 Å². The number of nitrogens with one attached hydrogen (secondary N) is 1. The average molecular weight is 573 g/mol. The van der Waals surface area contributed by atoms with E-state index in [1.54, 1.807) is 25.1 Å². The predicted molar refractivity (Wildman–Crippen MR) is 154 cm³/mol. The lowest BCUT2D eigenvalue weighted by Gasteiger charge is -2.42. The number of anilines is 1. The van der Waals surface area contributed by atoms with Crippen molar-refractivity contribution in [2.24, 2.45) is 11.8 Å². The third kappa shape index (κ3) is 6.44. The number of carbonyl (C=O) groups is 1. The number of fused-ring (bicyclic) bond motifs is 3. The summed E-state index contributed by atoms with van der Waals surface area (Å²) in [4.78, 5) is 15.4. The van der Waals surface area contributed by atoms with Crippen LogP contribution in [0.5, 0.6) is 5.75 Å². The third-order valence-corrected chi connectivity index (χ3v) is 10.4. The van der Waals surface area contributed by atoms with E-state index < -0.39 is 27.3 Å². The van der Waals surface area contributed by atoms with Crippen molar-refractivity contribution in [2.45, 2.75) is 69.8 Å². The first-order valence-electron chi connectivity index (χ1n) is 13.9. The van der Waals surface area contributed by atoms with E-state index in [-0.39, 0.29) is 11.5 Å². The van der Waals surface area contributed by atoms with Crippen molar-refractivity contribution in [2.75, 3.05) is 18.0 Å². The molecule has 9 heteroatoms. The summed E-state index contributed by atoms with van der Waals surface area (Å²) in [6.07, 6.45) is 8.76. The zero-order valence-electron chi connectivity index (χ0n) is 22.3. The molecule has 3 aliphatic rings.